The second-order valence-electron chi connectivity index (χ2n) is 6.98. The predicted octanol–water partition coefficient (Wildman–Crippen LogP) is 3.67. The molecule has 0 aliphatic heterocycles. The molecule has 0 amide bonds. The van der Waals surface area contributed by atoms with Crippen molar-refractivity contribution in [3.8, 4) is 5.75 Å². The molecule has 0 saturated carbocycles. The van der Waals surface area contributed by atoms with Gasteiger partial charge in [-0.3, -0.25) is 4.21 Å². The average Bonchev–Trinajstić information content (AvgIpc) is 2.53. The molecule has 2 atom stereocenters. The number of aliphatic hydroxyl groups excluding tert-OH is 1. The van der Waals surface area contributed by atoms with E-state index < -0.39 is 16.9 Å². The monoisotopic (exact) mass is 346 g/mol. The van der Waals surface area contributed by atoms with Gasteiger partial charge in [0.1, 0.15) is 12.4 Å². The molecule has 2 rings (SSSR count). The van der Waals surface area contributed by atoms with Gasteiger partial charge in [0, 0.05) is 16.6 Å². The Kier molecular flexibility index (Phi) is 6.58. The van der Waals surface area contributed by atoms with E-state index in [-0.39, 0.29) is 17.8 Å². The van der Waals surface area contributed by atoms with Crippen molar-refractivity contribution in [2.24, 2.45) is 0 Å². The van der Waals surface area contributed by atoms with E-state index in [1.165, 1.54) is 5.56 Å². The number of hydrogen-bond acceptors (Lipinski definition) is 3. The first kappa shape index (κ1) is 18.7. The minimum absolute atomic E-state index is 0.104. The highest BCUT2D eigenvalue weighted by molar-refractivity contribution is 7.84. The normalized spacial score (nSPS) is 14.2. The maximum atomic E-state index is 12.1. The summed E-state index contributed by atoms with van der Waals surface area (Å²) in [6.07, 6.45) is -0.739. The second kappa shape index (κ2) is 8.45. The lowest BCUT2D eigenvalue weighted by molar-refractivity contribution is 0.125. The Balaban J connectivity index is 1.78. The largest absolute Gasteiger partial charge is 0.491 e. The molecule has 0 saturated heterocycles. The molecule has 2 aromatic rings. The van der Waals surface area contributed by atoms with Crippen LogP contribution in [0.25, 0.3) is 0 Å². The van der Waals surface area contributed by atoms with Crippen molar-refractivity contribution in [1.82, 2.24) is 0 Å². The van der Waals surface area contributed by atoms with Crippen molar-refractivity contribution in [3.63, 3.8) is 0 Å². The van der Waals surface area contributed by atoms with Gasteiger partial charge in [-0.05, 0) is 28.7 Å². The number of aliphatic hydroxyl groups is 1. The molecule has 2 unspecified atom stereocenters. The predicted molar refractivity (Wildman–Crippen MR) is 99.8 cm³/mol. The summed E-state index contributed by atoms with van der Waals surface area (Å²) in [5, 5.41) is 10.0. The summed E-state index contributed by atoms with van der Waals surface area (Å²) in [5.41, 5.74) is 2.35. The average molecular weight is 346 g/mol. The quantitative estimate of drug-likeness (QED) is 0.832. The Morgan fingerprint density at radius 3 is 2.25 bits per heavy atom. The highest BCUT2D eigenvalue weighted by atomic mass is 32.2. The van der Waals surface area contributed by atoms with Crippen LogP contribution in [0.3, 0.4) is 0 Å². The summed E-state index contributed by atoms with van der Waals surface area (Å²) in [5.74, 6) is 1.39. The lowest BCUT2D eigenvalue weighted by atomic mass is 9.87. The van der Waals surface area contributed by atoms with Crippen LogP contribution in [0.5, 0.6) is 5.75 Å². The fraction of sp³-hybridized carbons (Fsp3) is 0.400. The summed E-state index contributed by atoms with van der Waals surface area (Å²) >= 11 is 0. The molecule has 0 aromatic heterocycles. The minimum atomic E-state index is -1.10. The van der Waals surface area contributed by atoms with Gasteiger partial charge in [-0.25, -0.2) is 0 Å². The van der Waals surface area contributed by atoms with E-state index in [0.717, 1.165) is 11.3 Å². The molecule has 0 aliphatic carbocycles. The summed E-state index contributed by atoms with van der Waals surface area (Å²) in [4.78, 5) is 0. The van der Waals surface area contributed by atoms with Gasteiger partial charge >= 0.3 is 0 Å². The third kappa shape index (κ3) is 6.10. The van der Waals surface area contributed by atoms with E-state index in [9.17, 15) is 9.32 Å². The van der Waals surface area contributed by atoms with E-state index in [1.54, 1.807) is 0 Å². The van der Waals surface area contributed by atoms with Gasteiger partial charge in [-0.15, -0.1) is 0 Å². The number of benzene rings is 2. The first-order valence-electron chi connectivity index (χ1n) is 8.15. The van der Waals surface area contributed by atoms with Crippen LogP contribution in [0.15, 0.2) is 54.6 Å². The molecule has 0 fully saturated rings. The molecule has 1 N–H and O–H groups in total. The fourth-order valence-corrected chi connectivity index (χ4v) is 3.53. The molecular weight excluding hydrogens is 320 g/mol. The zero-order valence-electron chi connectivity index (χ0n) is 14.6. The van der Waals surface area contributed by atoms with E-state index in [4.69, 9.17) is 4.74 Å². The molecule has 0 aliphatic rings. The molecule has 0 bridgehead atoms. The lowest BCUT2D eigenvalue weighted by Gasteiger charge is -2.19. The summed E-state index contributed by atoms with van der Waals surface area (Å²) in [6.45, 7) is 6.63. The van der Waals surface area contributed by atoms with Crippen LogP contribution in [-0.4, -0.2) is 27.8 Å². The molecule has 4 heteroatoms. The van der Waals surface area contributed by atoms with Crippen molar-refractivity contribution in [3.05, 3.63) is 65.7 Å². The summed E-state index contributed by atoms with van der Waals surface area (Å²) in [7, 11) is -1.10. The zero-order valence-corrected chi connectivity index (χ0v) is 15.4. The maximum absolute atomic E-state index is 12.1. The summed E-state index contributed by atoms with van der Waals surface area (Å²) < 4.78 is 17.7. The van der Waals surface area contributed by atoms with Crippen LogP contribution >= 0.6 is 0 Å². The second-order valence-corrected chi connectivity index (χ2v) is 8.48. The fourth-order valence-electron chi connectivity index (χ4n) is 2.33. The topological polar surface area (TPSA) is 46.5 Å². The molecule has 24 heavy (non-hydrogen) atoms. The third-order valence-electron chi connectivity index (χ3n) is 3.71. The van der Waals surface area contributed by atoms with Crippen LogP contribution in [0, 0.1) is 0 Å². The Hall–Kier alpha value is -1.65. The summed E-state index contributed by atoms with van der Waals surface area (Å²) in [6, 6.07) is 17.6. The van der Waals surface area contributed by atoms with Crippen molar-refractivity contribution < 1.29 is 14.1 Å². The van der Waals surface area contributed by atoms with Gasteiger partial charge in [0.2, 0.25) is 0 Å². The first-order chi connectivity index (χ1) is 11.3. The SMILES string of the molecule is CC(C)(C)c1ccc(OCC(O)CS(=O)Cc2ccccc2)cc1. The Morgan fingerprint density at radius 2 is 1.67 bits per heavy atom. The zero-order chi connectivity index (χ0) is 17.6. The standard InChI is InChI=1S/C20H26O3S/c1-20(2,3)17-9-11-19(12-10-17)23-13-18(21)15-24(22)14-16-7-5-4-6-8-16/h4-12,18,21H,13-15H2,1-3H3. The van der Waals surface area contributed by atoms with Crippen molar-refractivity contribution in [2.45, 2.75) is 38.0 Å². The highest BCUT2D eigenvalue weighted by Gasteiger charge is 2.14. The highest BCUT2D eigenvalue weighted by Crippen LogP contribution is 2.24. The Labute approximate surface area is 147 Å². The Morgan fingerprint density at radius 1 is 1.04 bits per heavy atom. The Bertz CT molecular complexity index is 645. The van der Waals surface area contributed by atoms with Gasteiger partial charge in [-0.2, -0.15) is 0 Å². The van der Waals surface area contributed by atoms with E-state index in [1.807, 2.05) is 54.6 Å². The van der Waals surface area contributed by atoms with Crippen LogP contribution in [0.1, 0.15) is 31.9 Å². The minimum Gasteiger partial charge on any atom is -0.491 e. The third-order valence-corrected chi connectivity index (χ3v) is 5.12. The van der Waals surface area contributed by atoms with Crippen LogP contribution in [0.4, 0.5) is 0 Å². The molecule has 0 spiro atoms. The van der Waals surface area contributed by atoms with Crippen LogP contribution < -0.4 is 4.74 Å². The van der Waals surface area contributed by atoms with Crippen LogP contribution in [0.2, 0.25) is 0 Å². The van der Waals surface area contributed by atoms with Gasteiger partial charge in [-0.1, -0.05) is 63.2 Å². The van der Waals surface area contributed by atoms with E-state index in [2.05, 4.69) is 20.8 Å². The number of ether oxygens (including phenoxy) is 1. The maximum Gasteiger partial charge on any atom is 0.119 e. The number of rotatable bonds is 7. The lowest BCUT2D eigenvalue weighted by Crippen LogP contribution is -2.25. The first-order valence-corrected chi connectivity index (χ1v) is 9.64. The van der Waals surface area contributed by atoms with Gasteiger partial charge in [0.25, 0.3) is 0 Å². The molecule has 0 heterocycles. The molecular formula is C20H26O3S. The molecule has 2 aromatic carbocycles. The van der Waals surface area contributed by atoms with Gasteiger partial charge in [0.15, 0.2) is 0 Å². The molecule has 0 radical (unpaired) electrons. The van der Waals surface area contributed by atoms with Crippen molar-refractivity contribution in [2.75, 3.05) is 12.4 Å². The van der Waals surface area contributed by atoms with Crippen LogP contribution in [-0.2, 0) is 22.0 Å². The molecule has 3 nitrogen and oxygen atoms in total. The van der Waals surface area contributed by atoms with Gasteiger partial charge < -0.3 is 9.84 Å². The van der Waals surface area contributed by atoms with Gasteiger partial charge in [0.05, 0.1) is 11.9 Å². The van der Waals surface area contributed by atoms with E-state index in [0.29, 0.717) is 5.75 Å². The van der Waals surface area contributed by atoms with E-state index >= 15 is 0 Å². The van der Waals surface area contributed by atoms with Crippen molar-refractivity contribution >= 4 is 10.8 Å². The smallest absolute Gasteiger partial charge is 0.119 e. The molecule has 130 valence electrons. The van der Waals surface area contributed by atoms with Crippen molar-refractivity contribution in [1.29, 1.82) is 0 Å². The number of hydrogen-bond donors (Lipinski definition) is 1.